The molecule has 0 bridgehead atoms. The largest absolute Gasteiger partial charge is 0.390 e. The number of hydrogen-bond acceptors (Lipinski definition) is 3. The van der Waals surface area contributed by atoms with E-state index < -0.39 is 6.10 Å². The third-order valence-corrected chi connectivity index (χ3v) is 3.47. The Hall–Kier alpha value is -1.29. The highest BCUT2D eigenvalue weighted by molar-refractivity contribution is 7.94. The molecular formula is C16H18O2S. The van der Waals surface area contributed by atoms with Gasteiger partial charge in [0.05, 0.1) is 12.7 Å². The quantitative estimate of drug-likeness (QED) is 0.816. The minimum atomic E-state index is -0.472. The van der Waals surface area contributed by atoms with Crippen LogP contribution in [0.2, 0.25) is 0 Å². The molecule has 0 fully saturated rings. The lowest BCUT2D eigenvalue weighted by Gasteiger charge is -2.10. The summed E-state index contributed by atoms with van der Waals surface area (Å²) in [6.45, 7) is 2.38. The molecule has 2 nitrogen and oxygen atoms in total. The minimum absolute atomic E-state index is 0.327. The van der Waals surface area contributed by atoms with Crippen LogP contribution in [0.5, 0.6) is 0 Å². The van der Waals surface area contributed by atoms with Crippen LogP contribution in [0.1, 0.15) is 11.1 Å². The highest BCUT2D eigenvalue weighted by Crippen LogP contribution is 2.19. The van der Waals surface area contributed by atoms with Crippen molar-refractivity contribution in [2.75, 3.05) is 6.61 Å². The average molecular weight is 274 g/mol. The van der Waals surface area contributed by atoms with Gasteiger partial charge in [-0.2, -0.15) is 0 Å². The maximum atomic E-state index is 9.89. The summed E-state index contributed by atoms with van der Waals surface area (Å²) in [7, 11) is 0. The van der Waals surface area contributed by atoms with Gasteiger partial charge in [-0.3, -0.25) is 0 Å². The lowest BCUT2D eigenvalue weighted by atomic mass is 10.1. The molecule has 1 atom stereocenters. The first-order valence-corrected chi connectivity index (χ1v) is 7.06. The number of aliphatic hydroxyl groups excluding tert-OH is 1. The van der Waals surface area contributed by atoms with Gasteiger partial charge in [0.1, 0.15) is 0 Å². The van der Waals surface area contributed by atoms with E-state index in [9.17, 15) is 5.11 Å². The second-order valence-corrected chi connectivity index (χ2v) is 5.40. The van der Waals surface area contributed by atoms with Gasteiger partial charge < -0.3 is 9.29 Å². The molecule has 2 rings (SSSR count). The Bertz CT molecular complexity index is 482. The highest BCUT2D eigenvalue weighted by atomic mass is 32.2. The number of benzene rings is 2. The summed E-state index contributed by atoms with van der Waals surface area (Å²) >= 11 is 1.31. The summed E-state index contributed by atoms with van der Waals surface area (Å²) in [5.41, 5.74) is 2.35. The van der Waals surface area contributed by atoms with Crippen molar-refractivity contribution in [1.82, 2.24) is 0 Å². The van der Waals surface area contributed by atoms with E-state index in [1.54, 1.807) is 0 Å². The van der Waals surface area contributed by atoms with Crippen molar-refractivity contribution in [1.29, 1.82) is 0 Å². The Kier molecular flexibility index (Phi) is 5.45. The first-order chi connectivity index (χ1) is 9.24. The fraction of sp³-hybridized carbons (Fsp3) is 0.250. The summed E-state index contributed by atoms with van der Waals surface area (Å²) in [5, 5.41) is 9.89. The molecule has 2 aromatic carbocycles. The molecule has 0 radical (unpaired) electrons. The summed E-state index contributed by atoms with van der Waals surface area (Å²) in [5.74, 6) is 0. The Balaban J connectivity index is 1.72. The van der Waals surface area contributed by atoms with Gasteiger partial charge in [-0.05, 0) is 24.6 Å². The van der Waals surface area contributed by atoms with Crippen molar-refractivity contribution in [2.45, 2.75) is 24.3 Å². The minimum Gasteiger partial charge on any atom is -0.390 e. The third kappa shape index (κ3) is 5.07. The summed E-state index contributed by atoms with van der Waals surface area (Å²) in [6.07, 6.45) is 0.148. The normalized spacial score (nSPS) is 12.3. The SMILES string of the molecule is Cc1ccc(SOCC(O)Cc2ccccc2)cc1. The van der Waals surface area contributed by atoms with Crippen LogP contribution in [-0.4, -0.2) is 17.8 Å². The molecule has 100 valence electrons. The lowest BCUT2D eigenvalue weighted by Crippen LogP contribution is -2.16. The van der Waals surface area contributed by atoms with E-state index in [0.717, 1.165) is 10.5 Å². The average Bonchev–Trinajstić information content (AvgIpc) is 2.42. The first kappa shape index (κ1) is 14.1. The Labute approximate surface area is 118 Å². The van der Waals surface area contributed by atoms with Crippen LogP contribution in [0.4, 0.5) is 0 Å². The molecule has 0 aliphatic carbocycles. The van der Waals surface area contributed by atoms with Gasteiger partial charge in [-0.15, -0.1) is 0 Å². The van der Waals surface area contributed by atoms with E-state index in [2.05, 4.69) is 6.92 Å². The molecule has 0 spiro atoms. The standard InChI is InChI=1S/C16H18O2S/c1-13-7-9-16(10-8-13)19-18-12-15(17)11-14-5-3-2-4-6-14/h2-10,15,17H,11-12H2,1H3. The Morgan fingerprint density at radius 3 is 2.42 bits per heavy atom. The van der Waals surface area contributed by atoms with Crippen LogP contribution >= 0.6 is 12.0 Å². The predicted octanol–water partition coefficient (Wildman–Crippen LogP) is 3.62. The topological polar surface area (TPSA) is 29.5 Å². The van der Waals surface area contributed by atoms with Gasteiger partial charge in [0, 0.05) is 23.4 Å². The van der Waals surface area contributed by atoms with Crippen LogP contribution in [0.25, 0.3) is 0 Å². The van der Waals surface area contributed by atoms with Crippen molar-refractivity contribution in [2.24, 2.45) is 0 Å². The van der Waals surface area contributed by atoms with E-state index in [-0.39, 0.29) is 0 Å². The molecule has 0 aliphatic heterocycles. The Morgan fingerprint density at radius 2 is 1.74 bits per heavy atom. The third-order valence-electron chi connectivity index (χ3n) is 2.75. The fourth-order valence-electron chi connectivity index (χ4n) is 1.72. The number of aryl methyl sites for hydroxylation is 1. The summed E-state index contributed by atoms with van der Waals surface area (Å²) < 4.78 is 5.46. The van der Waals surface area contributed by atoms with Gasteiger partial charge in [0.2, 0.25) is 0 Å². The molecule has 0 saturated heterocycles. The van der Waals surface area contributed by atoms with Crippen LogP contribution < -0.4 is 0 Å². The van der Waals surface area contributed by atoms with Crippen LogP contribution in [0.15, 0.2) is 59.5 Å². The maximum absolute atomic E-state index is 9.89. The van der Waals surface area contributed by atoms with E-state index in [1.807, 2.05) is 54.6 Å². The van der Waals surface area contributed by atoms with Gasteiger partial charge in [0.15, 0.2) is 0 Å². The molecule has 1 N–H and O–H groups in total. The van der Waals surface area contributed by atoms with Gasteiger partial charge in [-0.1, -0.05) is 48.0 Å². The number of aliphatic hydroxyl groups is 1. The predicted molar refractivity (Wildman–Crippen MR) is 79.1 cm³/mol. The molecule has 0 aliphatic rings. The van der Waals surface area contributed by atoms with Crippen molar-refractivity contribution in [3.8, 4) is 0 Å². The van der Waals surface area contributed by atoms with Crippen molar-refractivity contribution < 1.29 is 9.29 Å². The first-order valence-electron chi connectivity index (χ1n) is 6.32. The van der Waals surface area contributed by atoms with Gasteiger partial charge >= 0.3 is 0 Å². The molecule has 3 heteroatoms. The molecule has 19 heavy (non-hydrogen) atoms. The zero-order valence-corrected chi connectivity index (χ0v) is 11.8. The maximum Gasteiger partial charge on any atom is 0.0881 e. The van der Waals surface area contributed by atoms with E-state index in [1.165, 1.54) is 17.6 Å². The van der Waals surface area contributed by atoms with Crippen LogP contribution in [-0.2, 0) is 10.6 Å². The molecule has 2 aromatic rings. The van der Waals surface area contributed by atoms with E-state index in [4.69, 9.17) is 4.18 Å². The molecule has 0 heterocycles. The monoisotopic (exact) mass is 274 g/mol. The fourth-order valence-corrected chi connectivity index (χ4v) is 2.33. The van der Waals surface area contributed by atoms with E-state index in [0.29, 0.717) is 13.0 Å². The number of hydrogen-bond donors (Lipinski definition) is 1. The van der Waals surface area contributed by atoms with Crippen molar-refractivity contribution in [3.05, 3.63) is 65.7 Å². The van der Waals surface area contributed by atoms with Crippen LogP contribution in [0.3, 0.4) is 0 Å². The summed E-state index contributed by atoms with van der Waals surface area (Å²) in [6, 6.07) is 18.1. The lowest BCUT2D eigenvalue weighted by molar-refractivity contribution is 0.119. The zero-order valence-electron chi connectivity index (χ0n) is 11.0. The molecular weight excluding hydrogens is 256 g/mol. The van der Waals surface area contributed by atoms with Crippen molar-refractivity contribution in [3.63, 3.8) is 0 Å². The molecule has 0 amide bonds. The highest BCUT2D eigenvalue weighted by Gasteiger charge is 2.06. The van der Waals surface area contributed by atoms with E-state index >= 15 is 0 Å². The van der Waals surface area contributed by atoms with Crippen LogP contribution in [0, 0.1) is 6.92 Å². The molecule has 0 saturated carbocycles. The van der Waals surface area contributed by atoms with Gasteiger partial charge in [0.25, 0.3) is 0 Å². The van der Waals surface area contributed by atoms with Crippen molar-refractivity contribution >= 4 is 12.0 Å². The number of rotatable bonds is 6. The summed E-state index contributed by atoms with van der Waals surface area (Å²) in [4.78, 5) is 1.05. The molecule has 0 aromatic heterocycles. The second kappa shape index (κ2) is 7.34. The molecule has 1 unspecified atom stereocenters. The smallest absolute Gasteiger partial charge is 0.0881 e. The Morgan fingerprint density at radius 1 is 1.05 bits per heavy atom. The zero-order chi connectivity index (χ0) is 13.5. The van der Waals surface area contributed by atoms with Gasteiger partial charge in [-0.25, -0.2) is 0 Å². The second-order valence-electron chi connectivity index (χ2n) is 4.52.